The SMILES string of the molecule is CCC1CCC(C(O)c2cncs2)CC1. The molecule has 0 radical (unpaired) electrons. The molecule has 84 valence electrons. The second-order valence-corrected chi connectivity index (χ2v) is 5.46. The quantitative estimate of drug-likeness (QED) is 0.855. The maximum atomic E-state index is 10.2. The van der Waals surface area contributed by atoms with Crippen molar-refractivity contribution in [3.8, 4) is 0 Å². The van der Waals surface area contributed by atoms with E-state index in [2.05, 4.69) is 11.9 Å². The summed E-state index contributed by atoms with van der Waals surface area (Å²) in [4.78, 5) is 5.06. The van der Waals surface area contributed by atoms with E-state index >= 15 is 0 Å². The van der Waals surface area contributed by atoms with Gasteiger partial charge in [0.25, 0.3) is 0 Å². The Bertz CT molecular complexity index is 278. The van der Waals surface area contributed by atoms with Gasteiger partial charge in [-0.15, -0.1) is 11.3 Å². The predicted octanol–water partition coefficient (Wildman–Crippen LogP) is 3.39. The van der Waals surface area contributed by atoms with Crippen molar-refractivity contribution in [2.45, 2.75) is 45.1 Å². The molecular formula is C12H19NOS. The van der Waals surface area contributed by atoms with Crippen LogP contribution >= 0.6 is 11.3 Å². The molecule has 1 aliphatic rings. The van der Waals surface area contributed by atoms with Crippen LogP contribution in [0.3, 0.4) is 0 Å². The maximum absolute atomic E-state index is 10.2. The van der Waals surface area contributed by atoms with Gasteiger partial charge in [-0.25, -0.2) is 0 Å². The van der Waals surface area contributed by atoms with E-state index in [1.807, 2.05) is 0 Å². The average Bonchev–Trinajstić information content (AvgIpc) is 2.82. The van der Waals surface area contributed by atoms with Crippen molar-refractivity contribution >= 4 is 11.3 Å². The number of hydrogen-bond acceptors (Lipinski definition) is 3. The van der Waals surface area contributed by atoms with Crippen LogP contribution in [-0.2, 0) is 0 Å². The lowest BCUT2D eigenvalue weighted by Crippen LogP contribution is -2.19. The average molecular weight is 225 g/mol. The molecule has 1 aromatic heterocycles. The van der Waals surface area contributed by atoms with Crippen molar-refractivity contribution in [3.05, 3.63) is 16.6 Å². The highest BCUT2D eigenvalue weighted by atomic mass is 32.1. The molecule has 1 saturated carbocycles. The molecule has 1 heterocycles. The Morgan fingerprint density at radius 3 is 2.73 bits per heavy atom. The Balaban J connectivity index is 1.90. The van der Waals surface area contributed by atoms with E-state index in [-0.39, 0.29) is 6.10 Å². The fourth-order valence-corrected chi connectivity index (χ4v) is 3.21. The molecule has 0 amide bonds. The first-order valence-electron chi connectivity index (χ1n) is 5.87. The summed E-state index contributed by atoms with van der Waals surface area (Å²) in [5.74, 6) is 1.36. The summed E-state index contributed by atoms with van der Waals surface area (Å²) < 4.78 is 0. The monoisotopic (exact) mass is 225 g/mol. The lowest BCUT2D eigenvalue weighted by molar-refractivity contribution is 0.0756. The third kappa shape index (κ3) is 2.58. The minimum Gasteiger partial charge on any atom is -0.387 e. The van der Waals surface area contributed by atoms with Gasteiger partial charge in [0.05, 0.1) is 16.5 Å². The largest absolute Gasteiger partial charge is 0.387 e. The maximum Gasteiger partial charge on any atom is 0.0926 e. The Kier molecular flexibility index (Phi) is 3.76. The van der Waals surface area contributed by atoms with Gasteiger partial charge in [0.2, 0.25) is 0 Å². The Morgan fingerprint density at radius 1 is 1.47 bits per heavy atom. The van der Waals surface area contributed by atoms with E-state index in [1.165, 1.54) is 32.1 Å². The Morgan fingerprint density at radius 2 is 2.20 bits per heavy atom. The van der Waals surface area contributed by atoms with Crippen molar-refractivity contribution in [1.29, 1.82) is 0 Å². The summed E-state index contributed by atoms with van der Waals surface area (Å²) in [5.41, 5.74) is 1.80. The van der Waals surface area contributed by atoms with E-state index in [0.717, 1.165) is 10.8 Å². The zero-order valence-electron chi connectivity index (χ0n) is 9.22. The Labute approximate surface area is 95.4 Å². The van der Waals surface area contributed by atoms with Gasteiger partial charge in [-0.05, 0) is 24.7 Å². The van der Waals surface area contributed by atoms with Gasteiger partial charge >= 0.3 is 0 Å². The highest BCUT2D eigenvalue weighted by Gasteiger charge is 2.27. The van der Waals surface area contributed by atoms with Crippen molar-refractivity contribution in [2.75, 3.05) is 0 Å². The molecule has 1 unspecified atom stereocenters. The highest BCUT2D eigenvalue weighted by molar-refractivity contribution is 7.09. The molecule has 0 saturated heterocycles. The summed E-state index contributed by atoms with van der Waals surface area (Å²) >= 11 is 1.57. The minimum absolute atomic E-state index is 0.268. The summed E-state index contributed by atoms with van der Waals surface area (Å²) in [7, 11) is 0. The van der Waals surface area contributed by atoms with Gasteiger partial charge in [0.1, 0.15) is 0 Å². The standard InChI is InChI=1S/C12H19NOS/c1-2-9-3-5-10(6-4-9)12(14)11-7-13-8-15-11/h7-10,12,14H,2-6H2,1H3. The van der Waals surface area contributed by atoms with Gasteiger partial charge in [0, 0.05) is 6.20 Å². The molecule has 0 aromatic carbocycles. The minimum atomic E-state index is -0.268. The van der Waals surface area contributed by atoms with E-state index in [0.29, 0.717) is 5.92 Å². The highest BCUT2D eigenvalue weighted by Crippen LogP contribution is 2.38. The number of aliphatic hydroxyl groups is 1. The number of aliphatic hydroxyl groups excluding tert-OH is 1. The molecule has 1 aromatic rings. The molecule has 0 bridgehead atoms. The van der Waals surface area contributed by atoms with E-state index in [9.17, 15) is 5.11 Å². The first-order valence-corrected chi connectivity index (χ1v) is 6.75. The van der Waals surface area contributed by atoms with Crippen LogP contribution in [0.2, 0.25) is 0 Å². The first kappa shape index (κ1) is 11.1. The molecule has 1 N–H and O–H groups in total. The van der Waals surface area contributed by atoms with Crippen LogP contribution in [0.5, 0.6) is 0 Å². The van der Waals surface area contributed by atoms with Gasteiger partial charge in [-0.2, -0.15) is 0 Å². The summed E-state index contributed by atoms with van der Waals surface area (Å²) in [6.07, 6.45) is 7.77. The zero-order chi connectivity index (χ0) is 10.7. The lowest BCUT2D eigenvalue weighted by Gasteiger charge is -2.30. The first-order chi connectivity index (χ1) is 7.31. The summed E-state index contributed by atoms with van der Waals surface area (Å²) in [6, 6.07) is 0. The number of hydrogen-bond donors (Lipinski definition) is 1. The predicted molar refractivity (Wildman–Crippen MR) is 62.8 cm³/mol. The molecule has 1 atom stereocenters. The van der Waals surface area contributed by atoms with Crippen LogP contribution in [0.4, 0.5) is 0 Å². The van der Waals surface area contributed by atoms with Crippen LogP contribution < -0.4 is 0 Å². The van der Waals surface area contributed by atoms with Crippen LogP contribution in [0.1, 0.15) is 50.0 Å². The molecule has 3 heteroatoms. The van der Waals surface area contributed by atoms with Crippen molar-refractivity contribution in [2.24, 2.45) is 11.8 Å². The van der Waals surface area contributed by atoms with Crippen LogP contribution in [0.25, 0.3) is 0 Å². The number of nitrogens with zero attached hydrogens (tertiary/aromatic N) is 1. The summed E-state index contributed by atoms with van der Waals surface area (Å²) in [6.45, 7) is 2.27. The van der Waals surface area contributed by atoms with E-state index in [4.69, 9.17) is 0 Å². The van der Waals surface area contributed by atoms with Gasteiger partial charge in [-0.3, -0.25) is 4.98 Å². The fourth-order valence-electron chi connectivity index (χ4n) is 2.52. The van der Waals surface area contributed by atoms with Gasteiger partial charge in [0.15, 0.2) is 0 Å². The fraction of sp³-hybridized carbons (Fsp3) is 0.750. The molecule has 0 aliphatic heterocycles. The van der Waals surface area contributed by atoms with Gasteiger partial charge in [-0.1, -0.05) is 26.2 Å². The van der Waals surface area contributed by atoms with E-state index in [1.54, 1.807) is 23.0 Å². The van der Waals surface area contributed by atoms with Crippen LogP contribution in [0, 0.1) is 11.8 Å². The third-order valence-corrected chi connectivity index (χ3v) is 4.50. The second-order valence-electron chi connectivity index (χ2n) is 4.54. The molecule has 1 aliphatic carbocycles. The molecular weight excluding hydrogens is 206 g/mol. The van der Waals surface area contributed by atoms with Crippen molar-refractivity contribution < 1.29 is 5.11 Å². The second kappa shape index (κ2) is 5.08. The topological polar surface area (TPSA) is 33.1 Å². The smallest absolute Gasteiger partial charge is 0.0926 e. The Hall–Kier alpha value is -0.410. The lowest BCUT2D eigenvalue weighted by atomic mass is 9.78. The van der Waals surface area contributed by atoms with Crippen molar-refractivity contribution in [3.63, 3.8) is 0 Å². The van der Waals surface area contributed by atoms with Crippen LogP contribution in [-0.4, -0.2) is 10.1 Å². The molecule has 0 spiro atoms. The van der Waals surface area contributed by atoms with Crippen molar-refractivity contribution in [1.82, 2.24) is 4.98 Å². The molecule has 1 fully saturated rings. The normalized spacial score (nSPS) is 28.9. The number of thiazole rings is 1. The molecule has 2 nitrogen and oxygen atoms in total. The number of rotatable bonds is 3. The van der Waals surface area contributed by atoms with Crippen LogP contribution in [0.15, 0.2) is 11.7 Å². The number of aromatic nitrogens is 1. The molecule has 15 heavy (non-hydrogen) atoms. The van der Waals surface area contributed by atoms with E-state index < -0.39 is 0 Å². The van der Waals surface area contributed by atoms with Gasteiger partial charge < -0.3 is 5.11 Å². The zero-order valence-corrected chi connectivity index (χ0v) is 10.0. The molecule has 2 rings (SSSR count). The summed E-state index contributed by atoms with van der Waals surface area (Å²) in [5, 5.41) is 10.2. The third-order valence-electron chi connectivity index (χ3n) is 3.66.